The first-order valence-corrected chi connectivity index (χ1v) is 32.8. The quantitative estimate of drug-likeness (QED) is 0.0211. The van der Waals surface area contributed by atoms with Gasteiger partial charge < -0.3 is 28.5 Å². The Kier molecular flexibility index (Phi) is 59.0. The van der Waals surface area contributed by atoms with Crippen molar-refractivity contribution < 1.29 is 42.9 Å². The maximum atomic E-state index is 12.9. The monoisotopic (exact) mass is 1140 g/mol. The Labute approximate surface area is 503 Å². The molecule has 0 saturated carbocycles. The van der Waals surface area contributed by atoms with Gasteiger partial charge in [0.25, 0.3) is 6.29 Å². The van der Waals surface area contributed by atoms with Crippen LogP contribution in [0.25, 0.3) is 0 Å². The molecule has 82 heavy (non-hydrogen) atoms. The van der Waals surface area contributed by atoms with Crippen LogP contribution in [0.3, 0.4) is 0 Å². The van der Waals surface area contributed by atoms with Gasteiger partial charge in [0.05, 0.1) is 34.4 Å². The van der Waals surface area contributed by atoms with E-state index in [1.54, 1.807) is 0 Å². The normalized spacial score (nSPS) is 13.6. The highest BCUT2D eigenvalue weighted by molar-refractivity contribution is 5.71. The second kappa shape index (κ2) is 62.5. The van der Waals surface area contributed by atoms with Crippen molar-refractivity contribution in [3.05, 3.63) is 134 Å². The fourth-order valence-electron chi connectivity index (χ4n) is 8.67. The molecular weight excluding hydrogens is 1020 g/mol. The molecule has 0 heterocycles. The molecule has 0 spiro atoms. The van der Waals surface area contributed by atoms with Crippen LogP contribution in [0.1, 0.15) is 251 Å². The number of allylic oxidation sites excluding steroid dienone is 22. The van der Waals surface area contributed by atoms with Gasteiger partial charge in [0.1, 0.15) is 13.2 Å². The largest absolute Gasteiger partial charge is 0.477 e. The number of esters is 2. The molecule has 0 radical (unpaired) electrons. The molecule has 0 aromatic carbocycles. The predicted octanol–water partition coefficient (Wildman–Crippen LogP) is 20.2. The van der Waals surface area contributed by atoms with Crippen molar-refractivity contribution in [2.45, 2.75) is 264 Å². The number of carbonyl (C=O) groups is 3. The molecule has 466 valence electrons. The third kappa shape index (κ3) is 63.0. The lowest BCUT2D eigenvalue weighted by atomic mass is 10.0. The lowest BCUT2D eigenvalue weighted by molar-refractivity contribution is -0.870. The lowest BCUT2D eigenvalue weighted by Gasteiger charge is -2.25. The SMILES string of the molecule is CC/C=C\C/C=C\C/C=C\C/C=C\C/C=C\C/C=C\C/C=C\C/C=C\C/C=C\C/C=C\C/C=C\CCCCCC(=O)OC(COC(=O)CCCCCCCCCCCCCCCCCCCCCC)COC(OCC[N+](C)(C)C)C(=O)O. The van der Waals surface area contributed by atoms with Crippen molar-refractivity contribution in [2.75, 3.05) is 47.5 Å². The smallest absolute Gasteiger partial charge is 0.361 e. The van der Waals surface area contributed by atoms with Gasteiger partial charge in [-0.3, -0.25) is 9.59 Å². The zero-order chi connectivity index (χ0) is 59.8. The second-order valence-electron chi connectivity index (χ2n) is 22.7. The van der Waals surface area contributed by atoms with Gasteiger partial charge in [0.2, 0.25) is 0 Å². The van der Waals surface area contributed by atoms with Crippen molar-refractivity contribution in [2.24, 2.45) is 0 Å². The highest BCUT2D eigenvalue weighted by Crippen LogP contribution is 2.16. The summed E-state index contributed by atoms with van der Waals surface area (Å²) in [4.78, 5) is 37.5. The number of hydrogen-bond acceptors (Lipinski definition) is 7. The first kappa shape index (κ1) is 77.4. The van der Waals surface area contributed by atoms with E-state index in [1.807, 2.05) is 21.1 Å². The van der Waals surface area contributed by atoms with Gasteiger partial charge in [-0.1, -0.05) is 276 Å². The van der Waals surface area contributed by atoms with E-state index < -0.39 is 24.3 Å². The number of quaternary nitrogens is 1. The summed E-state index contributed by atoms with van der Waals surface area (Å²) in [6.07, 6.45) is 86.9. The van der Waals surface area contributed by atoms with Gasteiger partial charge in [0.15, 0.2) is 6.10 Å². The summed E-state index contributed by atoms with van der Waals surface area (Å²) in [6, 6.07) is 0. The Bertz CT molecular complexity index is 1810. The molecule has 0 bridgehead atoms. The Morgan fingerprint density at radius 1 is 0.378 bits per heavy atom. The maximum absolute atomic E-state index is 12.9. The minimum absolute atomic E-state index is 0.175. The number of ether oxygens (including phenoxy) is 4. The number of carboxylic acids is 1. The van der Waals surface area contributed by atoms with Gasteiger partial charge in [-0.25, -0.2) is 4.79 Å². The number of unbranched alkanes of at least 4 members (excludes halogenated alkanes) is 22. The van der Waals surface area contributed by atoms with Crippen molar-refractivity contribution in [1.82, 2.24) is 0 Å². The average molecular weight is 1140 g/mol. The van der Waals surface area contributed by atoms with E-state index in [0.29, 0.717) is 23.9 Å². The Balaban J connectivity index is 4.28. The lowest BCUT2D eigenvalue weighted by Crippen LogP contribution is -2.40. The zero-order valence-corrected chi connectivity index (χ0v) is 53.1. The molecular formula is C73H122NO8+. The molecule has 0 aliphatic carbocycles. The van der Waals surface area contributed by atoms with Crippen LogP contribution < -0.4 is 0 Å². The van der Waals surface area contributed by atoms with Crippen LogP contribution in [-0.2, 0) is 33.3 Å². The van der Waals surface area contributed by atoms with E-state index in [2.05, 4.69) is 148 Å². The summed E-state index contributed by atoms with van der Waals surface area (Å²) in [6.45, 7) is 4.73. The molecule has 0 aliphatic heterocycles. The van der Waals surface area contributed by atoms with E-state index in [0.717, 1.165) is 109 Å². The molecule has 9 heteroatoms. The summed E-state index contributed by atoms with van der Waals surface area (Å²) in [5.74, 6) is -2.05. The van der Waals surface area contributed by atoms with E-state index in [1.165, 1.54) is 109 Å². The molecule has 1 N–H and O–H groups in total. The number of likely N-dealkylation sites (N-methyl/N-ethyl adjacent to an activating group) is 1. The van der Waals surface area contributed by atoms with Gasteiger partial charge >= 0.3 is 17.9 Å². The highest BCUT2D eigenvalue weighted by atomic mass is 16.7. The summed E-state index contributed by atoms with van der Waals surface area (Å²) >= 11 is 0. The third-order valence-corrected chi connectivity index (χ3v) is 13.7. The molecule has 0 aliphatic rings. The van der Waals surface area contributed by atoms with E-state index in [4.69, 9.17) is 18.9 Å². The third-order valence-electron chi connectivity index (χ3n) is 13.7. The Morgan fingerprint density at radius 3 is 1.04 bits per heavy atom. The van der Waals surface area contributed by atoms with Crippen molar-refractivity contribution in [3.8, 4) is 0 Å². The molecule has 0 amide bonds. The van der Waals surface area contributed by atoms with Crippen LogP contribution in [0.2, 0.25) is 0 Å². The first-order valence-electron chi connectivity index (χ1n) is 32.8. The first-order chi connectivity index (χ1) is 40.1. The zero-order valence-electron chi connectivity index (χ0n) is 53.1. The van der Waals surface area contributed by atoms with Crippen LogP contribution in [-0.4, -0.2) is 87.4 Å². The van der Waals surface area contributed by atoms with Gasteiger partial charge in [-0.2, -0.15) is 0 Å². The Morgan fingerprint density at radius 2 is 0.695 bits per heavy atom. The molecule has 0 aromatic heterocycles. The fourth-order valence-corrected chi connectivity index (χ4v) is 8.67. The van der Waals surface area contributed by atoms with Gasteiger partial charge in [0, 0.05) is 12.8 Å². The average Bonchev–Trinajstić information content (AvgIpc) is 3.47. The number of rotatable bonds is 59. The molecule has 9 nitrogen and oxygen atoms in total. The molecule has 0 saturated heterocycles. The van der Waals surface area contributed by atoms with Crippen LogP contribution in [0.5, 0.6) is 0 Å². The van der Waals surface area contributed by atoms with E-state index in [-0.39, 0.29) is 32.2 Å². The summed E-state index contributed by atoms with van der Waals surface area (Å²) in [7, 11) is 5.95. The topological polar surface area (TPSA) is 108 Å². The predicted molar refractivity (Wildman–Crippen MR) is 350 cm³/mol. The fraction of sp³-hybridized carbons (Fsp3) is 0.658. The number of hydrogen-bond donors (Lipinski definition) is 1. The summed E-state index contributed by atoms with van der Waals surface area (Å²) in [5, 5.41) is 9.72. The molecule has 2 unspecified atom stereocenters. The highest BCUT2D eigenvalue weighted by Gasteiger charge is 2.25. The minimum Gasteiger partial charge on any atom is -0.477 e. The van der Waals surface area contributed by atoms with E-state index in [9.17, 15) is 19.5 Å². The minimum atomic E-state index is -1.53. The molecule has 0 rings (SSSR count). The molecule has 0 aromatic rings. The van der Waals surface area contributed by atoms with Crippen LogP contribution in [0.4, 0.5) is 0 Å². The van der Waals surface area contributed by atoms with Crippen molar-refractivity contribution in [3.63, 3.8) is 0 Å². The molecule has 0 fully saturated rings. The van der Waals surface area contributed by atoms with Crippen LogP contribution in [0.15, 0.2) is 134 Å². The summed E-state index contributed by atoms with van der Waals surface area (Å²) < 4.78 is 22.9. The maximum Gasteiger partial charge on any atom is 0.361 e. The second-order valence-corrected chi connectivity index (χ2v) is 22.7. The number of carbonyl (C=O) groups excluding carboxylic acids is 2. The van der Waals surface area contributed by atoms with Gasteiger partial charge in [-0.15, -0.1) is 0 Å². The Hall–Kier alpha value is -4.57. The number of carboxylic acid groups (broad SMARTS) is 1. The van der Waals surface area contributed by atoms with Crippen LogP contribution in [0, 0.1) is 0 Å². The van der Waals surface area contributed by atoms with Crippen LogP contribution >= 0.6 is 0 Å². The van der Waals surface area contributed by atoms with Crippen molar-refractivity contribution >= 4 is 17.9 Å². The van der Waals surface area contributed by atoms with Gasteiger partial charge in [-0.05, 0) is 96.3 Å². The number of aliphatic carboxylic acids is 1. The molecule has 2 atom stereocenters. The number of nitrogens with zero attached hydrogens (tertiary/aromatic N) is 1. The standard InChI is InChI=1S/C73H121NO8/c1-6-8-10-12-14-16-18-20-22-24-26-28-29-30-31-32-33-34-35-36-37-38-39-40-41-42-43-44-46-48-50-52-54-56-58-60-62-64-71(76)82-69(68-81-73(72(77)78)79-66-65-74(3,4)5)67-80-70(75)63-61-59-57-55-53-51-49-47-45-27-25-23-21-19-17-15-13-11-9-7-2/h8,10,14,16,20,22,26,28,30-31,33-34,36-37,39-40,42-43,46,48,52,54,69,73H,6-7,9,11-13,15,17-19,21,23-25,27,29,32,35,38,41,44-45,47,49-51,53,55-68H2,1-5H3/p+1/b10-8-,16-14-,22-20-,28-26-,31-30-,34-33-,37-36-,40-39-,43-42-,48-46-,54-52-. The summed E-state index contributed by atoms with van der Waals surface area (Å²) in [5.41, 5.74) is 0. The van der Waals surface area contributed by atoms with Crippen molar-refractivity contribution in [1.29, 1.82) is 0 Å². The van der Waals surface area contributed by atoms with E-state index >= 15 is 0 Å².